The van der Waals surface area contributed by atoms with Crippen LogP contribution in [0.4, 0.5) is 34.1 Å². The van der Waals surface area contributed by atoms with Gasteiger partial charge in [0.25, 0.3) is 0 Å². The van der Waals surface area contributed by atoms with E-state index in [4.69, 9.17) is 9.40 Å². The van der Waals surface area contributed by atoms with Gasteiger partial charge in [-0.1, -0.05) is 98.8 Å². The summed E-state index contributed by atoms with van der Waals surface area (Å²) in [6.07, 6.45) is 0. The van der Waals surface area contributed by atoms with Crippen LogP contribution in [0, 0.1) is 0 Å². The second-order valence-electron chi connectivity index (χ2n) is 13.3. The van der Waals surface area contributed by atoms with Crippen molar-refractivity contribution in [1.82, 2.24) is 4.98 Å². The minimum atomic E-state index is -0.240. The molecule has 0 bridgehead atoms. The van der Waals surface area contributed by atoms with E-state index in [9.17, 15) is 0 Å². The summed E-state index contributed by atoms with van der Waals surface area (Å²) in [5.74, 6) is 0.650. The van der Waals surface area contributed by atoms with Gasteiger partial charge in [-0.15, -0.1) is 0 Å². The van der Waals surface area contributed by atoms with Gasteiger partial charge in [0, 0.05) is 45.1 Å². The van der Waals surface area contributed by atoms with Gasteiger partial charge in [0.15, 0.2) is 5.58 Å². The molecule has 50 heavy (non-hydrogen) atoms. The van der Waals surface area contributed by atoms with Crippen molar-refractivity contribution in [2.75, 3.05) is 9.80 Å². The van der Waals surface area contributed by atoms with Gasteiger partial charge in [-0.05, 0) is 113 Å². The van der Waals surface area contributed by atoms with E-state index in [1.165, 1.54) is 22.3 Å². The second-order valence-corrected chi connectivity index (χ2v) is 13.3. The molecule has 0 radical (unpaired) electrons. The smallest absolute Gasteiger partial charge is 0.227 e. The molecule has 240 valence electrons. The van der Waals surface area contributed by atoms with Gasteiger partial charge in [-0.3, -0.25) is 0 Å². The number of hydrogen-bond acceptors (Lipinski definition) is 4. The molecule has 1 aromatic heterocycles. The molecular formula is C46H35N3O. The molecule has 4 heteroatoms. The molecule has 1 aliphatic carbocycles. The lowest BCUT2D eigenvalue weighted by molar-refractivity contribution is 0.614. The topological polar surface area (TPSA) is 32.5 Å². The molecular weight excluding hydrogens is 611 g/mol. The van der Waals surface area contributed by atoms with E-state index >= 15 is 0 Å². The van der Waals surface area contributed by atoms with Crippen LogP contribution in [0.15, 0.2) is 180 Å². The number of rotatable bonds is 7. The van der Waals surface area contributed by atoms with Crippen LogP contribution in [0.25, 0.3) is 33.7 Å². The highest BCUT2D eigenvalue weighted by molar-refractivity contribution is 5.92. The Balaban J connectivity index is 1.16. The fraction of sp³-hybridized carbons (Fsp3) is 0.0652. The van der Waals surface area contributed by atoms with Crippen molar-refractivity contribution in [2.24, 2.45) is 0 Å². The van der Waals surface area contributed by atoms with E-state index in [1.807, 2.05) is 30.3 Å². The van der Waals surface area contributed by atoms with Crippen LogP contribution in [-0.2, 0) is 5.41 Å². The van der Waals surface area contributed by atoms with Gasteiger partial charge in [0.05, 0.1) is 0 Å². The van der Waals surface area contributed by atoms with Gasteiger partial charge in [0.1, 0.15) is 5.52 Å². The highest BCUT2D eigenvalue weighted by Crippen LogP contribution is 2.52. The van der Waals surface area contributed by atoms with Crippen LogP contribution in [0.5, 0.6) is 0 Å². The minimum absolute atomic E-state index is 0.240. The molecule has 0 N–H and O–H groups in total. The van der Waals surface area contributed by atoms with Crippen LogP contribution < -0.4 is 9.80 Å². The van der Waals surface area contributed by atoms with Gasteiger partial charge < -0.3 is 14.2 Å². The Morgan fingerprint density at radius 2 is 0.920 bits per heavy atom. The molecule has 0 aliphatic heterocycles. The normalized spacial score (nSPS) is 12.8. The summed E-state index contributed by atoms with van der Waals surface area (Å²) in [4.78, 5) is 9.56. The van der Waals surface area contributed by atoms with Crippen LogP contribution in [0.1, 0.15) is 25.0 Å². The van der Waals surface area contributed by atoms with Crippen LogP contribution in [-0.4, -0.2) is 4.98 Å². The molecule has 0 saturated carbocycles. The first-order valence-electron chi connectivity index (χ1n) is 17.1. The predicted octanol–water partition coefficient (Wildman–Crippen LogP) is 12.7. The average molecular weight is 646 g/mol. The molecule has 1 heterocycles. The Kier molecular flexibility index (Phi) is 7.10. The van der Waals surface area contributed by atoms with Crippen molar-refractivity contribution < 1.29 is 4.42 Å². The molecule has 1 aliphatic rings. The lowest BCUT2D eigenvalue weighted by Crippen LogP contribution is -2.17. The number of nitrogens with zero attached hydrogens (tertiary/aromatic N) is 3. The van der Waals surface area contributed by atoms with Gasteiger partial charge in [-0.25, -0.2) is 4.98 Å². The maximum atomic E-state index is 6.32. The number of aromatic nitrogens is 1. The minimum Gasteiger partial charge on any atom is -0.436 e. The number of oxazole rings is 1. The number of fused-ring (bicyclic) bond motifs is 4. The third kappa shape index (κ3) is 5.05. The predicted molar refractivity (Wildman–Crippen MR) is 206 cm³/mol. The maximum Gasteiger partial charge on any atom is 0.227 e. The maximum absolute atomic E-state index is 6.32. The molecule has 8 aromatic rings. The Bertz CT molecular complexity index is 2410. The van der Waals surface area contributed by atoms with Gasteiger partial charge >= 0.3 is 0 Å². The molecule has 0 fully saturated rings. The van der Waals surface area contributed by atoms with E-state index in [0.717, 1.165) is 50.8 Å². The molecule has 0 atom stereocenters. The first-order valence-corrected chi connectivity index (χ1v) is 17.1. The zero-order valence-electron chi connectivity index (χ0n) is 28.0. The lowest BCUT2D eigenvalue weighted by Gasteiger charge is -2.30. The average Bonchev–Trinajstić information content (AvgIpc) is 3.68. The third-order valence-corrected chi connectivity index (χ3v) is 9.84. The Hall–Kier alpha value is -6.39. The molecule has 9 rings (SSSR count). The quantitative estimate of drug-likeness (QED) is 0.173. The fourth-order valence-electron chi connectivity index (χ4n) is 7.38. The molecule has 0 unspecified atom stereocenters. The van der Waals surface area contributed by atoms with Crippen molar-refractivity contribution >= 4 is 45.2 Å². The van der Waals surface area contributed by atoms with Crippen LogP contribution in [0.3, 0.4) is 0 Å². The Labute approximate surface area is 292 Å². The lowest BCUT2D eigenvalue weighted by atomic mass is 9.82. The molecule has 0 amide bonds. The van der Waals surface area contributed by atoms with Crippen molar-refractivity contribution in [3.8, 4) is 22.6 Å². The van der Waals surface area contributed by atoms with Crippen molar-refractivity contribution in [1.29, 1.82) is 0 Å². The van der Waals surface area contributed by atoms with Crippen molar-refractivity contribution in [3.63, 3.8) is 0 Å². The molecule has 0 saturated heterocycles. The summed E-state index contributed by atoms with van der Waals surface area (Å²) in [7, 11) is 0. The summed E-state index contributed by atoms with van der Waals surface area (Å²) in [6, 6.07) is 61.9. The summed E-state index contributed by atoms with van der Waals surface area (Å²) in [6.45, 7) is 4.62. The van der Waals surface area contributed by atoms with Gasteiger partial charge in [0.2, 0.25) is 5.89 Å². The second kappa shape index (κ2) is 11.9. The van der Waals surface area contributed by atoms with E-state index in [-0.39, 0.29) is 5.41 Å². The number of anilines is 6. The Morgan fingerprint density at radius 3 is 1.50 bits per heavy atom. The van der Waals surface area contributed by atoms with Crippen molar-refractivity contribution in [3.05, 3.63) is 187 Å². The largest absolute Gasteiger partial charge is 0.436 e. The summed E-state index contributed by atoms with van der Waals surface area (Å²) >= 11 is 0. The van der Waals surface area contributed by atoms with Crippen LogP contribution in [0.2, 0.25) is 0 Å². The van der Waals surface area contributed by atoms with E-state index < -0.39 is 0 Å². The number of hydrogen-bond donors (Lipinski definition) is 0. The van der Waals surface area contributed by atoms with E-state index in [1.54, 1.807) is 0 Å². The van der Waals surface area contributed by atoms with Gasteiger partial charge in [-0.2, -0.15) is 0 Å². The third-order valence-electron chi connectivity index (χ3n) is 9.84. The summed E-state index contributed by atoms with van der Waals surface area (Å²) < 4.78 is 6.32. The number of benzene rings is 7. The first-order chi connectivity index (χ1) is 24.5. The number of para-hydroxylation sites is 3. The SMILES string of the molecule is CC1(C)c2cc(N(c3ccccc3)c3cccc(N(c4ccccc4)c4ccccc4)c3)ccc2-c2cc3nc(-c4ccccc4)oc3cc21. The Morgan fingerprint density at radius 1 is 0.440 bits per heavy atom. The highest BCUT2D eigenvalue weighted by Gasteiger charge is 2.37. The molecule has 4 nitrogen and oxygen atoms in total. The summed E-state index contributed by atoms with van der Waals surface area (Å²) in [5.41, 5.74) is 14.0. The zero-order chi connectivity index (χ0) is 33.7. The van der Waals surface area contributed by atoms with Crippen molar-refractivity contribution in [2.45, 2.75) is 19.3 Å². The molecule has 7 aromatic carbocycles. The first kappa shape index (κ1) is 29.7. The standard InChI is InChI=1S/C46H35N3O/c1-46(2)41-29-38(26-27-39(41)40-30-43-44(31-42(40)46)50-45(47-43)32-16-7-3-8-17-32)49(35-22-13-6-14-23-35)37-25-15-24-36(28-37)48(33-18-9-4-10-19-33)34-20-11-5-12-21-34/h3-31H,1-2H3. The fourth-order valence-corrected chi connectivity index (χ4v) is 7.38. The monoisotopic (exact) mass is 645 g/mol. The van der Waals surface area contributed by atoms with E-state index in [2.05, 4.69) is 169 Å². The zero-order valence-corrected chi connectivity index (χ0v) is 28.0. The molecule has 0 spiro atoms. The van der Waals surface area contributed by atoms with E-state index in [0.29, 0.717) is 5.89 Å². The highest BCUT2D eigenvalue weighted by atomic mass is 16.3. The van der Waals surface area contributed by atoms with Crippen LogP contribution >= 0.6 is 0 Å². The summed E-state index contributed by atoms with van der Waals surface area (Å²) in [5, 5.41) is 0.